The second kappa shape index (κ2) is 6.97. The molecule has 1 saturated carbocycles. The Balaban J connectivity index is 1.82. The normalized spacial score (nSPS) is 28.7. The highest BCUT2D eigenvalue weighted by molar-refractivity contribution is 5.79. The van der Waals surface area contributed by atoms with Gasteiger partial charge in [-0.25, -0.2) is 0 Å². The Kier molecular flexibility index (Phi) is 5.74. The molecule has 2 fully saturated rings. The smallest absolute Gasteiger partial charge is 0.225 e. The minimum atomic E-state index is 0.172. The molecule has 2 rings (SSSR count). The third-order valence-corrected chi connectivity index (χ3v) is 6.70. The first-order chi connectivity index (χ1) is 10.9. The Morgan fingerprint density at radius 3 is 1.88 bits per heavy atom. The van der Waals surface area contributed by atoms with Crippen LogP contribution in [0.15, 0.2) is 0 Å². The Labute approximate surface area is 149 Å². The molecule has 1 heterocycles. The van der Waals surface area contributed by atoms with Crippen LogP contribution in [-0.4, -0.2) is 35.5 Å². The maximum Gasteiger partial charge on any atom is 0.225 e. The highest BCUT2D eigenvalue weighted by Gasteiger charge is 2.41. The number of hydrogen-bond acceptors (Lipinski definition) is 2. The molecule has 2 aliphatic rings. The minimum Gasteiger partial charge on any atom is -0.342 e. The fourth-order valence-corrected chi connectivity index (χ4v) is 4.33. The summed E-state index contributed by atoms with van der Waals surface area (Å²) in [5, 5.41) is 3.70. The van der Waals surface area contributed by atoms with E-state index in [0.717, 1.165) is 51.6 Å². The molecule has 1 aliphatic carbocycles. The molecule has 0 atom stereocenters. The molecule has 0 bridgehead atoms. The van der Waals surface area contributed by atoms with E-state index in [4.69, 9.17) is 0 Å². The third-order valence-electron chi connectivity index (χ3n) is 6.70. The number of carbonyl (C=O) groups excluding carboxylic acids is 1. The van der Waals surface area contributed by atoms with Crippen molar-refractivity contribution in [3.63, 3.8) is 0 Å². The lowest BCUT2D eigenvalue weighted by molar-refractivity contribution is -0.140. The Bertz CT molecular complexity index is 428. The van der Waals surface area contributed by atoms with Gasteiger partial charge < -0.3 is 10.2 Å². The van der Waals surface area contributed by atoms with Gasteiger partial charge in [0.2, 0.25) is 5.91 Å². The molecular formula is C21H40N2O. The second-order valence-corrected chi connectivity index (χ2v) is 10.6. The minimum absolute atomic E-state index is 0.172. The molecule has 1 N–H and O–H groups in total. The topological polar surface area (TPSA) is 32.3 Å². The maximum absolute atomic E-state index is 12.9. The van der Waals surface area contributed by atoms with Crippen LogP contribution in [0.1, 0.15) is 87.0 Å². The van der Waals surface area contributed by atoms with Crippen molar-refractivity contribution in [2.24, 2.45) is 16.7 Å². The molecule has 0 radical (unpaired) electrons. The largest absolute Gasteiger partial charge is 0.342 e. The van der Waals surface area contributed by atoms with Gasteiger partial charge in [-0.3, -0.25) is 4.79 Å². The summed E-state index contributed by atoms with van der Waals surface area (Å²) in [6.45, 7) is 18.0. The molecular weight excluding hydrogens is 296 g/mol. The fraction of sp³-hybridized carbons (Fsp3) is 0.952. The lowest BCUT2D eigenvalue weighted by Gasteiger charge is -2.48. The van der Waals surface area contributed by atoms with Gasteiger partial charge >= 0.3 is 0 Å². The van der Waals surface area contributed by atoms with Crippen LogP contribution in [0.2, 0.25) is 0 Å². The SMILES string of the molecule is CC(C)(C)NC1CCC(C(=O)N2CCC(C)(C(C)(C)C)CC2)CC1. The molecule has 1 saturated heterocycles. The van der Waals surface area contributed by atoms with Crippen molar-refractivity contribution < 1.29 is 4.79 Å². The molecule has 0 spiro atoms. The molecule has 0 unspecified atom stereocenters. The van der Waals surface area contributed by atoms with E-state index in [-0.39, 0.29) is 11.5 Å². The number of rotatable bonds is 2. The second-order valence-electron chi connectivity index (χ2n) is 10.6. The fourth-order valence-electron chi connectivity index (χ4n) is 4.33. The number of nitrogens with zero attached hydrogens (tertiary/aromatic N) is 1. The first kappa shape index (κ1) is 19.8. The van der Waals surface area contributed by atoms with Gasteiger partial charge in [0.25, 0.3) is 0 Å². The Morgan fingerprint density at radius 2 is 1.46 bits per heavy atom. The van der Waals surface area contributed by atoms with Crippen LogP contribution in [0.5, 0.6) is 0 Å². The highest BCUT2D eigenvalue weighted by atomic mass is 16.2. The van der Waals surface area contributed by atoms with Crippen molar-refractivity contribution >= 4 is 5.91 Å². The number of nitrogens with one attached hydrogen (secondary N) is 1. The lowest BCUT2D eigenvalue weighted by atomic mass is 9.63. The Hall–Kier alpha value is -0.570. The van der Waals surface area contributed by atoms with E-state index in [2.05, 4.69) is 58.7 Å². The average Bonchev–Trinajstić information content (AvgIpc) is 2.45. The van der Waals surface area contributed by atoms with Crippen molar-refractivity contribution in [3.8, 4) is 0 Å². The van der Waals surface area contributed by atoms with E-state index in [9.17, 15) is 4.79 Å². The van der Waals surface area contributed by atoms with Gasteiger partial charge in [-0.05, 0) is 70.1 Å². The van der Waals surface area contributed by atoms with E-state index >= 15 is 0 Å². The van der Waals surface area contributed by atoms with Gasteiger partial charge in [-0.2, -0.15) is 0 Å². The van der Waals surface area contributed by atoms with Crippen molar-refractivity contribution in [2.75, 3.05) is 13.1 Å². The van der Waals surface area contributed by atoms with Crippen LogP contribution < -0.4 is 5.32 Å². The standard InChI is InChI=1S/C21H40N2O/c1-19(2,3)21(7)12-14-23(15-13-21)18(24)16-8-10-17(11-9-16)22-20(4,5)6/h16-17,22H,8-15H2,1-7H3. The van der Waals surface area contributed by atoms with E-state index in [1.807, 2.05) is 0 Å². The van der Waals surface area contributed by atoms with Crippen LogP contribution >= 0.6 is 0 Å². The van der Waals surface area contributed by atoms with Gasteiger partial charge in [0.05, 0.1) is 0 Å². The summed E-state index contributed by atoms with van der Waals surface area (Å²) in [5.74, 6) is 0.696. The molecule has 1 aliphatic heterocycles. The van der Waals surface area contributed by atoms with Crippen LogP contribution in [0.4, 0.5) is 0 Å². The summed E-state index contributed by atoms with van der Waals surface area (Å²) in [4.78, 5) is 15.1. The van der Waals surface area contributed by atoms with Crippen molar-refractivity contribution in [3.05, 3.63) is 0 Å². The molecule has 1 amide bonds. The number of piperidine rings is 1. The van der Waals surface area contributed by atoms with Gasteiger partial charge in [-0.1, -0.05) is 27.7 Å². The number of likely N-dealkylation sites (tertiary alicyclic amines) is 1. The summed E-state index contributed by atoms with van der Waals surface area (Å²) in [6, 6.07) is 0.583. The van der Waals surface area contributed by atoms with Crippen molar-refractivity contribution in [1.82, 2.24) is 10.2 Å². The summed E-state index contributed by atoms with van der Waals surface area (Å²) in [6.07, 6.45) is 6.67. The van der Waals surface area contributed by atoms with E-state index in [1.54, 1.807) is 0 Å². The average molecular weight is 337 g/mol. The summed E-state index contributed by atoms with van der Waals surface area (Å²) in [7, 11) is 0. The number of carbonyl (C=O) groups is 1. The molecule has 140 valence electrons. The summed E-state index contributed by atoms with van der Waals surface area (Å²) >= 11 is 0. The maximum atomic E-state index is 12.9. The molecule has 0 aromatic heterocycles. The van der Waals surface area contributed by atoms with Gasteiger partial charge in [0.15, 0.2) is 0 Å². The number of hydrogen-bond donors (Lipinski definition) is 1. The third kappa shape index (κ3) is 4.74. The zero-order chi connectivity index (χ0) is 18.2. The highest BCUT2D eigenvalue weighted by Crippen LogP contribution is 2.46. The van der Waals surface area contributed by atoms with E-state index in [0.29, 0.717) is 22.8 Å². The quantitative estimate of drug-likeness (QED) is 0.799. The number of amides is 1. The monoisotopic (exact) mass is 336 g/mol. The van der Waals surface area contributed by atoms with Crippen molar-refractivity contribution in [2.45, 2.75) is 98.6 Å². The van der Waals surface area contributed by atoms with Crippen LogP contribution in [0, 0.1) is 16.7 Å². The molecule has 0 aromatic rings. The zero-order valence-corrected chi connectivity index (χ0v) is 17.2. The predicted molar refractivity (Wildman–Crippen MR) is 102 cm³/mol. The summed E-state index contributed by atoms with van der Waals surface area (Å²) < 4.78 is 0. The zero-order valence-electron chi connectivity index (χ0n) is 17.2. The van der Waals surface area contributed by atoms with Gasteiger partial charge in [0.1, 0.15) is 0 Å². The van der Waals surface area contributed by atoms with Crippen LogP contribution in [0.3, 0.4) is 0 Å². The van der Waals surface area contributed by atoms with Gasteiger partial charge in [0, 0.05) is 30.6 Å². The van der Waals surface area contributed by atoms with Gasteiger partial charge in [-0.15, -0.1) is 0 Å². The molecule has 24 heavy (non-hydrogen) atoms. The van der Waals surface area contributed by atoms with Crippen molar-refractivity contribution in [1.29, 1.82) is 0 Å². The van der Waals surface area contributed by atoms with Crippen LogP contribution in [0.25, 0.3) is 0 Å². The molecule has 3 nitrogen and oxygen atoms in total. The Morgan fingerprint density at radius 1 is 0.958 bits per heavy atom. The van der Waals surface area contributed by atoms with E-state index in [1.165, 1.54) is 0 Å². The first-order valence-corrected chi connectivity index (χ1v) is 9.98. The summed E-state index contributed by atoms with van der Waals surface area (Å²) in [5.41, 5.74) is 0.850. The van der Waals surface area contributed by atoms with E-state index < -0.39 is 0 Å². The molecule has 3 heteroatoms. The molecule has 0 aromatic carbocycles. The lowest BCUT2D eigenvalue weighted by Crippen LogP contribution is -2.50. The predicted octanol–water partition coefficient (Wildman–Crippen LogP) is 4.61. The first-order valence-electron chi connectivity index (χ1n) is 9.98. The van der Waals surface area contributed by atoms with Crippen LogP contribution in [-0.2, 0) is 4.79 Å².